The monoisotopic (exact) mass is 214 g/mol. The lowest BCUT2D eigenvalue weighted by molar-refractivity contribution is 0.0889. The number of fused-ring (bicyclic) bond motifs is 3. The lowest BCUT2D eigenvalue weighted by Crippen LogP contribution is -2.19. The van der Waals surface area contributed by atoms with Crippen LogP contribution in [0.1, 0.15) is 28.9 Å². The van der Waals surface area contributed by atoms with E-state index < -0.39 is 0 Å². The minimum Gasteiger partial charge on any atom is -0.326 e. The van der Waals surface area contributed by atoms with Gasteiger partial charge in [0.15, 0.2) is 0 Å². The van der Waals surface area contributed by atoms with Gasteiger partial charge >= 0.3 is 0 Å². The minimum absolute atomic E-state index is 0.206. The molecule has 0 unspecified atom stereocenters. The zero-order valence-corrected chi connectivity index (χ0v) is 9.07. The number of carbonyl (C=O) groups excluding carboxylic acids is 1. The van der Waals surface area contributed by atoms with E-state index in [4.69, 9.17) is 5.73 Å². The SMILES string of the molecule is NCc1c2n(c3ccccc13)C(=O)CCC2. The van der Waals surface area contributed by atoms with Gasteiger partial charge < -0.3 is 5.73 Å². The standard InChI is InChI=1S/C13H14N2O/c14-8-10-9-4-1-2-5-11(9)15-12(10)6-3-7-13(15)16/h1-2,4-5H,3,6-8,14H2. The second-order valence-electron chi connectivity index (χ2n) is 4.23. The van der Waals surface area contributed by atoms with E-state index in [0.717, 1.165) is 35.0 Å². The summed E-state index contributed by atoms with van der Waals surface area (Å²) in [5, 5.41) is 1.13. The van der Waals surface area contributed by atoms with Crippen molar-refractivity contribution in [2.45, 2.75) is 25.8 Å². The summed E-state index contributed by atoms with van der Waals surface area (Å²) in [5.74, 6) is 0.206. The fraction of sp³-hybridized carbons (Fsp3) is 0.308. The van der Waals surface area contributed by atoms with Gasteiger partial charge in [0.05, 0.1) is 5.52 Å². The molecular weight excluding hydrogens is 200 g/mol. The zero-order chi connectivity index (χ0) is 11.1. The third-order valence-electron chi connectivity index (χ3n) is 3.35. The Morgan fingerprint density at radius 2 is 2.06 bits per heavy atom. The van der Waals surface area contributed by atoms with Crippen molar-refractivity contribution in [2.75, 3.05) is 0 Å². The molecule has 0 aliphatic carbocycles. The predicted octanol–water partition coefficient (Wildman–Crippen LogP) is 2.08. The molecule has 16 heavy (non-hydrogen) atoms. The van der Waals surface area contributed by atoms with E-state index in [1.807, 2.05) is 22.8 Å². The Morgan fingerprint density at radius 1 is 1.25 bits per heavy atom. The number of carbonyl (C=O) groups is 1. The number of rotatable bonds is 1. The van der Waals surface area contributed by atoms with Crippen LogP contribution in [-0.2, 0) is 13.0 Å². The van der Waals surface area contributed by atoms with Gasteiger partial charge in [-0.25, -0.2) is 0 Å². The summed E-state index contributed by atoms with van der Waals surface area (Å²) in [7, 11) is 0. The van der Waals surface area contributed by atoms with E-state index >= 15 is 0 Å². The number of nitrogens with zero attached hydrogens (tertiary/aromatic N) is 1. The molecule has 0 spiro atoms. The quantitative estimate of drug-likeness (QED) is 0.790. The van der Waals surface area contributed by atoms with Crippen LogP contribution in [0.4, 0.5) is 0 Å². The van der Waals surface area contributed by atoms with Crippen LogP contribution in [0.5, 0.6) is 0 Å². The maximum Gasteiger partial charge on any atom is 0.231 e. The second-order valence-corrected chi connectivity index (χ2v) is 4.23. The van der Waals surface area contributed by atoms with Crippen LogP contribution >= 0.6 is 0 Å². The molecule has 1 aromatic heterocycles. The number of benzene rings is 1. The first kappa shape index (κ1) is 9.60. The summed E-state index contributed by atoms with van der Waals surface area (Å²) >= 11 is 0. The highest BCUT2D eigenvalue weighted by molar-refractivity contribution is 5.96. The van der Waals surface area contributed by atoms with Gasteiger partial charge in [0.25, 0.3) is 0 Å². The van der Waals surface area contributed by atoms with Crippen LogP contribution in [-0.4, -0.2) is 10.5 Å². The topological polar surface area (TPSA) is 48.0 Å². The van der Waals surface area contributed by atoms with Crippen molar-refractivity contribution in [1.29, 1.82) is 0 Å². The molecule has 0 saturated heterocycles. The Bertz CT molecular complexity index is 569. The van der Waals surface area contributed by atoms with Crippen LogP contribution in [0.2, 0.25) is 0 Å². The molecule has 3 nitrogen and oxygen atoms in total. The first-order valence-corrected chi connectivity index (χ1v) is 5.67. The number of hydrogen-bond donors (Lipinski definition) is 1. The molecule has 0 saturated carbocycles. The number of aromatic nitrogens is 1. The summed E-state index contributed by atoms with van der Waals surface area (Å²) < 4.78 is 1.86. The van der Waals surface area contributed by atoms with Crippen molar-refractivity contribution in [1.82, 2.24) is 4.57 Å². The van der Waals surface area contributed by atoms with Crippen molar-refractivity contribution in [3.05, 3.63) is 35.5 Å². The third-order valence-corrected chi connectivity index (χ3v) is 3.35. The van der Waals surface area contributed by atoms with Crippen molar-refractivity contribution < 1.29 is 4.79 Å². The summed E-state index contributed by atoms with van der Waals surface area (Å²) in [6.45, 7) is 0.510. The summed E-state index contributed by atoms with van der Waals surface area (Å²) in [4.78, 5) is 12.0. The van der Waals surface area contributed by atoms with Crippen LogP contribution in [0, 0.1) is 0 Å². The molecule has 1 aliphatic heterocycles. The van der Waals surface area contributed by atoms with E-state index in [9.17, 15) is 4.79 Å². The van der Waals surface area contributed by atoms with E-state index in [1.165, 1.54) is 0 Å². The van der Waals surface area contributed by atoms with Crippen LogP contribution < -0.4 is 5.73 Å². The molecule has 0 radical (unpaired) electrons. The molecule has 82 valence electrons. The largest absolute Gasteiger partial charge is 0.326 e. The normalized spacial score (nSPS) is 15.4. The van der Waals surface area contributed by atoms with Crippen molar-refractivity contribution in [3.8, 4) is 0 Å². The van der Waals surface area contributed by atoms with E-state index in [0.29, 0.717) is 13.0 Å². The Hall–Kier alpha value is -1.61. The van der Waals surface area contributed by atoms with Crippen molar-refractivity contribution in [3.63, 3.8) is 0 Å². The molecule has 0 fully saturated rings. The molecule has 0 atom stereocenters. The number of hydrogen-bond acceptors (Lipinski definition) is 2. The Kier molecular flexibility index (Phi) is 2.07. The van der Waals surface area contributed by atoms with Gasteiger partial charge in [0.2, 0.25) is 5.91 Å². The second kappa shape index (κ2) is 3.46. The first-order valence-electron chi connectivity index (χ1n) is 5.67. The fourth-order valence-corrected chi connectivity index (χ4v) is 2.65. The molecule has 3 rings (SSSR count). The van der Waals surface area contributed by atoms with Gasteiger partial charge in [-0.1, -0.05) is 18.2 Å². The molecule has 0 amide bonds. The Labute approximate surface area is 93.9 Å². The van der Waals surface area contributed by atoms with Gasteiger partial charge in [-0.2, -0.15) is 0 Å². The molecular formula is C13H14N2O. The number of para-hydroxylation sites is 1. The highest BCUT2D eigenvalue weighted by Gasteiger charge is 2.23. The van der Waals surface area contributed by atoms with E-state index in [-0.39, 0.29) is 5.91 Å². The number of nitrogens with two attached hydrogens (primary N) is 1. The first-order chi connectivity index (χ1) is 7.83. The summed E-state index contributed by atoms with van der Waals surface area (Å²) in [5.41, 5.74) is 9.09. The summed E-state index contributed by atoms with van der Waals surface area (Å²) in [6.07, 6.45) is 2.56. The average molecular weight is 214 g/mol. The molecule has 0 bridgehead atoms. The van der Waals surface area contributed by atoms with E-state index in [2.05, 4.69) is 6.07 Å². The molecule has 2 heterocycles. The van der Waals surface area contributed by atoms with E-state index in [1.54, 1.807) is 0 Å². The Morgan fingerprint density at radius 3 is 2.88 bits per heavy atom. The van der Waals surface area contributed by atoms with Gasteiger partial charge in [0.1, 0.15) is 0 Å². The van der Waals surface area contributed by atoms with Crippen molar-refractivity contribution >= 4 is 16.8 Å². The third kappa shape index (κ3) is 1.15. The fourth-order valence-electron chi connectivity index (χ4n) is 2.65. The molecule has 2 aromatic rings. The van der Waals surface area contributed by atoms with Gasteiger partial charge in [-0.05, 0) is 24.5 Å². The van der Waals surface area contributed by atoms with Crippen LogP contribution in [0.25, 0.3) is 10.9 Å². The average Bonchev–Trinajstić information content (AvgIpc) is 2.64. The summed E-state index contributed by atoms with van der Waals surface area (Å²) in [6, 6.07) is 8.02. The lowest BCUT2D eigenvalue weighted by Gasteiger charge is -2.15. The van der Waals surface area contributed by atoms with Crippen LogP contribution in [0.3, 0.4) is 0 Å². The minimum atomic E-state index is 0.206. The molecule has 2 N–H and O–H groups in total. The zero-order valence-electron chi connectivity index (χ0n) is 9.07. The molecule has 3 heteroatoms. The smallest absolute Gasteiger partial charge is 0.231 e. The maximum absolute atomic E-state index is 12.0. The maximum atomic E-state index is 12.0. The Balaban J connectivity index is 2.43. The molecule has 1 aromatic carbocycles. The van der Waals surface area contributed by atoms with Crippen LogP contribution in [0.15, 0.2) is 24.3 Å². The highest BCUT2D eigenvalue weighted by Crippen LogP contribution is 2.30. The van der Waals surface area contributed by atoms with Gasteiger partial charge in [0, 0.05) is 24.0 Å². The predicted molar refractivity (Wildman–Crippen MR) is 63.4 cm³/mol. The van der Waals surface area contributed by atoms with Gasteiger partial charge in [-0.15, -0.1) is 0 Å². The highest BCUT2D eigenvalue weighted by atomic mass is 16.2. The van der Waals surface area contributed by atoms with Crippen molar-refractivity contribution in [2.24, 2.45) is 5.73 Å². The van der Waals surface area contributed by atoms with Gasteiger partial charge in [-0.3, -0.25) is 9.36 Å². The lowest BCUT2D eigenvalue weighted by atomic mass is 10.1. The molecule has 1 aliphatic rings.